The molecular weight excluding hydrogens is 264 g/mol. The summed E-state index contributed by atoms with van der Waals surface area (Å²) in [5, 5.41) is 14.8. The molecule has 2 N–H and O–H groups in total. The Morgan fingerprint density at radius 3 is 1.40 bits per heavy atom. The van der Waals surface area contributed by atoms with Crippen molar-refractivity contribution in [1.82, 2.24) is 9.97 Å². The quantitative estimate of drug-likeness (QED) is 0.616. The van der Waals surface area contributed by atoms with Crippen molar-refractivity contribution in [2.24, 2.45) is 0 Å². The molecule has 0 spiro atoms. The zero-order chi connectivity index (χ0) is 15.0. The minimum Gasteiger partial charge on any atom is -0.473 e. The number of pyridine rings is 2. The van der Waals surface area contributed by atoms with Crippen LogP contribution in [0.15, 0.2) is 48.8 Å². The van der Waals surface area contributed by atoms with Crippen molar-refractivity contribution in [3.63, 3.8) is 0 Å². The molecule has 20 heavy (non-hydrogen) atoms. The smallest absolute Gasteiger partial charge is 0.414 e. The largest absolute Gasteiger partial charge is 0.473 e. The van der Waals surface area contributed by atoms with E-state index in [-0.39, 0.29) is 5.78 Å². The van der Waals surface area contributed by atoms with E-state index in [1.165, 1.54) is 0 Å². The topological polar surface area (TPSA) is 117 Å². The molecule has 2 aromatic heterocycles. The van der Waals surface area contributed by atoms with Crippen molar-refractivity contribution in [1.29, 1.82) is 0 Å². The van der Waals surface area contributed by atoms with Gasteiger partial charge >= 0.3 is 11.9 Å². The number of carbonyl (C=O) groups excluding carboxylic acids is 1. The molecule has 0 radical (unpaired) electrons. The van der Waals surface area contributed by atoms with Crippen molar-refractivity contribution in [2.75, 3.05) is 0 Å². The molecule has 0 saturated carbocycles. The maximum absolute atomic E-state index is 11.7. The van der Waals surface area contributed by atoms with Gasteiger partial charge in [-0.15, -0.1) is 0 Å². The molecule has 0 atom stereocenters. The molecule has 0 fully saturated rings. The van der Waals surface area contributed by atoms with Crippen molar-refractivity contribution >= 4 is 17.7 Å². The molecule has 0 amide bonds. The van der Waals surface area contributed by atoms with E-state index in [0.29, 0.717) is 11.4 Å². The van der Waals surface area contributed by atoms with Crippen molar-refractivity contribution in [3.8, 4) is 0 Å². The Hall–Kier alpha value is -3.09. The molecule has 102 valence electrons. The highest BCUT2D eigenvalue weighted by atomic mass is 16.4. The number of aliphatic carboxylic acids is 2. The first-order valence-corrected chi connectivity index (χ1v) is 5.35. The predicted molar refractivity (Wildman–Crippen MR) is 67.2 cm³/mol. The maximum Gasteiger partial charge on any atom is 0.414 e. The fourth-order valence-corrected chi connectivity index (χ4v) is 1.13. The molecule has 7 nitrogen and oxygen atoms in total. The summed E-state index contributed by atoms with van der Waals surface area (Å²) in [4.78, 5) is 37.9. The van der Waals surface area contributed by atoms with E-state index >= 15 is 0 Å². The molecule has 2 heterocycles. The summed E-state index contributed by atoms with van der Waals surface area (Å²) in [6.45, 7) is 0. The first-order chi connectivity index (χ1) is 9.52. The van der Waals surface area contributed by atoms with Crippen LogP contribution in [0.3, 0.4) is 0 Å². The van der Waals surface area contributed by atoms with Gasteiger partial charge in [-0.3, -0.25) is 14.8 Å². The lowest BCUT2D eigenvalue weighted by molar-refractivity contribution is -0.159. The van der Waals surface area contributed by atoms with Gasteiger partial charge in [0, 0.05) is 12.4 Å². The number of rotatable bonds is 2. The third-order valence-corrected chi connectivity index (χ3v) is 1.98. The lowest BCUT2D eigenvalue weighted by Crippen LogP contribution is -2.09. The molecule has 0 bridgehead atoms. The number of carboxylic acid groups (broad SMARTS) is 2. The SMILES string of the molecule is O=C(O)C(=O)O.O=C(c1ccccn1)c1ccccn1. The molecule has 0 aromatic carbocycles. The van der Waals surface area contributed by atoms with Gasteiger partial charge in [-0.05, 0) is 24.3 Å². The van der Waals surface area contributed by atoms with Gasteiger partial charge < -0.3 is 10.2 Å². The third kappa shape index (κ3) is 4.65. The van der Waals surface area contributed by atoms with Gasteiger partial charge in [0.05, 0.1) is 0 Å². The molecule has 2 aromatic rings. The number of ketones is 1. The Morgan fingerprint density at radius 1 is 0.750 bits per heavy atom. The van der Waals surface area contributed by atoms with Gasteiger partial charge in [0.1, 0.15) is 11.4 Å². The highest BCUT2D eigenvalue weighted by molar-refractivity contribution is 6.27. The van der Waals surface area contributed by atoms with Gasteiger partial charge in [0.2, 0.25) is 5.78 Å². The zero-order valence-electron chi connectivity index (χ0n) is 10.1. The number of nitrogens with zero attached hydrogens (tertiary/aromatic N) is 2. The van der Waals surface area contributed by atoms with Crippen LogP contribution in [0.5, 0.6) is 0 Å². The zero-order valence-corrected chi connectivity index (χ0v) is 10.1. The van der Waals surface area contributed by atoms with Gasteiger partial charge in [-0.25, -0.2) is 9.59 Å². The minimum absolute atomic E-state index is 0.147. The Balaban J connectivity index is 0.000000286. The summed E-state index contributed by atoms with van der Waals surface area (Å²) < 4.78 is 0. The van der Waals surface area contributed by atoms with Gasteiger partial charge in [-0.2, -0.15) is 0 Å². The van der Waals surface area contributed by atoms with Crippen molar-refractivity contribution in [3.05, 3.63) is 60.2 Å². The van der Waals surface area contributed by atoms with Crippen LogP contribution in [0, 0.1) is 0 Å². The van der Waals surface area contributed by atoms with Crippen LogP contribution in [-0.4, -0.2) is 37.9 Å². The first-order valence-electron chi connectivity index (χ1n) is 5.35. The monoisotopic (exact) mass is 274 g/mol. The van der Waals surface area contributed by atoms with E-state index in [1.54, 1.807) is 48.8 Å². The number of carboxylic acids is 2. The Kier molecular flexibility index (Phi) is 5.51. The second-order valence-corrected chi connectivity index (χ2v) is 3.37. The Morgan fingerprint density at radius 2 is 1.15 bits per heavy atom. The van der Waals surface area contributed by atoms with E-state index in [4.69, 9.17) is 19.8 Å². The second kappa shape index (κ2) is 7.37. The summed E-state index contributed by atoms with van der Waals surface area (Å²) in [7, 11) is 0. The summed E-state index contributed by atoms with van der Waals surface area (Å²) in [5.41, 5.74) is 0.845. The molecule has 0 aliphatic carbocycles. The van der Waals surface area contributed by atoms with Gasteiger partial charge in [0.15, 0.2) is 0 Å². The number of hydrogen-bond donors (Lipinski definition) is 2. The van der Waals surface area contributed by atoms with E-state index < -0.39 is 11.9 Å². The van der Waals surface area contributed by atoms with Crippen LogP contribution in [0.2, 0.25) is 0 Å². The normalized spacial score (nSPS) is 9.00. The van der Waals surface area contributed by atoms with Crippen molar-refractivity contribution < 1.29 is 24.6 Å². The van der Waals surface area contributed by atoms with Crippen LogP contribution in [0.1, 0.15) is 16.2 Å². The predicted octanol–water partition coefficient (Wildman–Crippen LogP) is 0.863. The second-order valence-electron chi connectivity index (χ2n) is 3.37. The Bertz CT molecular complexity index is 545. The minimum atomic E-state index is -1.82. The fourth-order valence-electron chi connectivity index (χ4n) is 1.13. The van der Waals surface area contributed by atoms with Gasteiger partial charge in [-0.1, -0.05) is 12.1 Å². The fraction of sp³-hybridized carbons (Fsp3) is 0. The van der Waals surface area contributed by atoms with Crippen molar-refractivity contribution in [2.45, 2.75) is 0 Å². The summed E-state index contributed by atoms with van der Waals surface area (Å²) in [6.07, 6.45) is 3.19. The highest BCUT2D eigenvalue weighted by Gasteiger charge is 2.09. The summed E-state index contributed by atoms with van der Waals surface area (Å²) >= 11 is 0. The first kappa shape index (κ1) is 15.0. The summed E-state index contributed by atoms with van der Waals surface area (Å²) in [5.74, 6) is -3.80. The molecule has 7 heteroatoms. The average Bonchev–Trinajstić information content (AvgIpc) is 2.49. The molecule has 0 unspecified atom stereocenters. The number of hydrogen-bond acceptors (Lipinski definition) is 5. The van der Waals surface area contributed by atoms with E-state index in [2.05, 4.69) is 9.97 Å². The Labute approximate surface area is 113 Å². The van der Waals surface area contributed by atoms with E-state index in [1.807, 2.05) is 0 Å². The average molecular weight is 274 g/mol. The number of aromatic nitrogens is 2. The standard InChI is InChI=1S/C11H8N2O.C2H2O4/c14-11(9-5-1-3-7-12-9)10-6-2-4-8-13-10;3-1(4)2(5)6/h1-8H;(H,3,4)(H,5,6). The lowest BCUT2D eigenvalue weighted by atomic mass is 10.2. The van der Waals surface area contributed by atoms with Crippen LogP contribution in [0.25, 0.3) is 0 Å². The molecular formula is C13H10N2O5. The highest BCUT2D eigenvalue weighted by Crippen LogP contribution is 2.03. The van der Waals surface area contributed by atoms with E-state index in [9.17, 15) is 4.79 Å². The van der Waals surface area contributed by atoms with Crippen LogP contribution in [-0.2, 0) is 9.59 Å². The van der Waals surface area contributed by atoms with Gasteiger partial charge in [0.25, 0.3) is 0 Å². The van der Waals surface area contributed by atoms with Crippen LogP contribution in [0.4, 0.5) is 0 Å². The van der Waals surface area contributed by atoms with Crippen LogP contribution >= 0.6 is 0 Å². The molecule has 0 saturated heterocycles. The summed E-state index contributed by atoms with van der Waals surface area (Å²) in [6, 6.07) is 10.5. The molecule has 2 rings (SSSR count). The van der Waals surface area contributed by atoms with E-state index in [0.717, 1.165) is 0 Å². The molecule has 0 aliphatic rings. The number of carbonyl (C=O) groups is 3. The third-order valence-electron chi connectivity index (χ3n) is 1.98. The molecule has 0 aliphatic heterocycles. The lowest BCUT2D eigenvalue weighted by Gasteiger charge is -1.97. The van der Waals surface area contributed by atoms with Crippen LogP contribution < -0.4 is 0 Å². The maximum atomic E-state index is 11.7.